The van der Waals surface area contributed by atoms with Gasteiger partial charge in [0.2, 0.25) is 0 Å². The van der Waals surface area contributed by atoms with Crippen molar-refractivity contribution in [1.29, 1.82) is 0 Å². The minimum absolute atomic E-state index is 0.238. The molecule has 4 nitrogen and oxygen atoms in total. The Morgan fingerprint density at radius 2 is 1.87 bits per heavy atom. The molecule has 0 amide bonds. The Hall–Kier alpha value is -0.130. The van der Waals surface area contributed by atoms with Gasteiger partial charge in [-0.15, -0.1) is 0 Å². The van der Waals surface area contributed by atoms with Crippen LogP contribution in [0.1, 0.15) is 20.3 Å². The zero-order chi connectivity index (χ0) is 12.1. The molecule has 0 spiro atoms. The quantitative estimate of drug-likeness (QED) is 0.693. The molecule has 0 aromatic rings. The highest BCUT2D eigenvalue weighted by Crippen LogP contribution is 2.04. The maximum Gasteiger partial charge on any atom is 0.148 e. The second-order valence-corrected chi connectivity index (χ2v) is 6.64. The van der Waals surface area contributed by atoms with E-state index in [-0.39, 0.29) is 5.75 Å². The standard InChI is InChI=1S/C10H24N2O2S/c1-9(11-3)8-10(2)12(4)6-7-15(5,13)14/h9-11H,6-8H2,1-5H3. The Kier molecular flexibility index (Phi) is 6.40. The van der Waals surface area contributed by atoms with E-state index in [9.17, 15) is 8.42 Å². The third-order valence-corrected chi connectivity index (χ3v) is 3.68. The zero-order valence-electron chi connectivity index (χ0n) is 10.4. The van der Waals surface area contributed by atoms with Crippen LogP contribution >= 0.6 is 0 Å². The normalized spacial score (nSPS) is 16.7. The molecule has 0 aliphatic heterocycles. The summed E-state index contributed by atoms with van der Waals surface area (Å²) in [5.74, 6) is 0.238. The van der Waals surface area contributed by atoms with E-state index in [1.54, 1.807) is 0 Å². The molecule has 0 bridgehead atoms. The SMILES string of the molecule is CNC(C)CC(C)N(C)CCS(C)(=O)=O. The minimum Gasteiger partial charge on any atom is -0.317 e. The molecule has 2 atom stereocenters. The van der Waals surface area contributed by atoms with Crippen molar-refractivity contribution in [3.05, 3.63) is 0 Å². The summed E-state index contributed by atoms with van der Waals surface area (Å²) in [5.41, 5.74) is 0. The van der Waals surface area contributed by atoms with E-state index < -0.39 is 9.84 Å². The van der Waals surface area contributed by atoms with E-state index in [0.29, 0.717) is 18.6 Å². The third-order valence-electron chi connectivity index (χ3n) is 2.75. The number of hydrogen-bond acceptors (Lipinski definition) is 4. The van der Waals surface area contributed by atoms with E-state index in [2.05, 4.69) is 24.1 Å². The molecule has 0 rings (SSSR count). The second-order valence-electron chi connectivity index (χ2n) is 4.38. The average Bonchev–Trinajstić information content (AvgIpc) is 2.12. The van der Waals surface area contributed by atoms with Crippen LogP contribution in [-0.2, 0) is 9.84 Å². The topological polar surface area (TPSA) is 49.4 Å². The first-order valence-electron chi connectivity index (χ1n) is 5.31. The highest BCUT2D eigenvalue weighted by Gasteiger charge is 2.13. The van der Waals surface area contributed by atoms with Crippen LogP contribution in [0.15, 0.2) is 0 Å². The van der Waals surface area contributed by atoms with Crippen molar-refractivity contribution in [3.63, 3.8) is 0 Å². The van der Waals surface area contributed by atoms with Crippen LogP contribution in [0, 0.1) is 0 Å². The maximum atomic E-state index is 11.0. The van der Waals surface area contributed by atoms with Crippen LogP contribution < -0.4 is 5.32 Å². The lowest BCUT2D eigenvalue weighted by atomic mass is 10.1. The summed E-state index contributed by atoms with van der Waals surface area (Å²) >= 11 is 0. The summed E-state index contributed by atoms with van der Waals surface area (Å²) in [5, 5.41) is 3.18. The van der Waals surface area contributed by atoms with E-state index in [1.165, 1.54) is 6.26 Å². The van der Waals surface area contributed by atoms with E-state index in [1.807, 2.05) is 14.1 Å². The Bertz CT molecular complexity index is 265. The fourth-order valence-corrected chi connectivity index (χ4v) is 1.96. The van der Waals surface area contributed by atoms with Gasteiger partial charge in [-0.1, -0.05) is 0 Å². The molecule has 0 aliphatic rings. The van der Waals surface area contributed by atoms with Crippen LogP contribution in [0.4, 0.5) is 0 Å². The van der Waals surface area contributed by atoms with Crippen LogP contribution in [0.2, 0.25) is 0 Å². The molecule has 0 heterocycles. The number of nitrogens with one attached hydrogen (secondary N) is 1. The van der Waals surface area contributed by atoms with Crippen LogP contribution in [0.3, 0.4) is 0 Å². The van der Waals surface area contributed by atoms with E-state index in [4.69, 9.17) is 0 Å². The van der Waals surface area contributed by atoms with Crippen LogP contribution in [-0.4, -0.2) is 58.1 Å². The maximum absolute atomic E-state index is 11.0. The molecule has 0 fully saturated rings. The van der Waals surface area contributed by atoms with Gasteiger partial charge >= 0.3 is 0 Å². The predicted octanol–water partition coefficient (Wildman–Crippen LogP) is 0.349. The molecule has 2 unspecified atom stereocenters. The molecular weight excluding hydrogens is 212 g/mol. The molecule has 92 valence electrons. The van der Waals surface area contributed by atoms with Crippen molar-refractivity contribution >= 4 is 9.84 Å². The average molecular weight is 236 g/mol. The van der Waals surface area contributed by atoms with E-state index in [0.717, 1.165) is 6.42 Å². The molecule has 0 aromatic carbocycles. The summed E-state index contributed by atoms with van der Waals surface area (Å²) in [6.07, 6.45) is 2.30. The molecule has 0 aromatic heterocycles. The van der Waals surface area contributed by atoms with Gasteiger partial charge < -0.3 is 10.2 Å². The predicted molar refractivity (Wildman–Crippen MR) is 64.9 cm³/mol. The highest BCUT2D eigenvalue weighted by molar-refractivity contribution is 7.90. The van der Waals surface area contributed by atoms with Gasteiger partial charge in [-0.25, -0.2) is 8.42 Å². The lowest BCUT2D eigenvalue weighted by Crippen LogP contribution is -2.37. The zero-order valence-corrected chi connectivity index (χ0v) is 11.3. The monoisotopic (exact) mass is 236 g/mol. The van der Waals surface area contributed by atoms with Gasteiger partial charge in [-0.05, 0) is 34.4 Å². The molecule has 5 heteroatoms. The third kappa shape index (κ3) is 7.76. The fraction of sp³-hybridized carbons (Fsp3) is 1.00. The molecule has 1 N–H and O–H groups in total. The van der Waals surface area contributed by atoms with Gasteiger partial charge in [-0.3, -0.25) is 0 Å². The minimum atomic E-state index is -2.84. The van der Waals surface area contributed by atoms with Gasteiger partial charge in [0.1, 0.15) is 9.84 Å². The number of rotatable bonds is 7. The Morgan fingerprint density at radius 1 is 1.33 bits per heavy atom. The lowest BCUT2D eigenvalue weighted by molar-refractivity contribution is 0.244. The summed E-state index contributed by atoms with van der Waals surface area (Å²) in [6.45, 7) is 4.85. The van der Waals surface area contributed by atoms with Crippen LogP contribution in [0.5, 0.6) is 0 Å². The lowest BCUT2D eigenvalue weighted by Gasteiger charge is -2.26. The summed E-state index contributed by atoms with van der Waals surface area (Å²) in [7, 11) is 1.06. The summed E-state index contributed by atoms with van der Waals surface area (Å²) in [4.78, 5) is 2.09. The first-order valence-corrected chi connectivity index (χ1v) is 7.37. The van der Waals surface area contributed by atoms with Crippen molar-refractivity contribution in [2.24, 2.45) is 0 Å². The Morgan fingerprint density at radius 3 is 2.27 bits per heavy atom. The van der Waals surface area contributed by atoms with Crippen molar-refractivity contribution < 1.29 is 8.42 Å². The molecule has 0 radical (unpaired) electrons. The van der Waals surface area contributed by atoms with Crippen LogP contribution in [0.25, 0.3) is 0 Å². The Labute approximate surface area is 94.0 Å². The van der Waals surface area contributed by atoms with Gasteiger partial charge in [0, 0.05) is 24.9 Å². The summed E-state index contributed by atoms with van der Waals surface area (Å²) < 4.78 is 22.0. The smallest absolute Gasteiger partial charge is 0.148 e. The van der Waals surface area contributed by atoms with E-state index >= 15 is 0 Å². The summed E-state index contributed by atoms with van der Waals surface area (Å²) in [6, 6.07) is 0.856. The Balaban J connectivity index is 3.94. The largest absolute Gasteiger partial charge is 0.317 e. The highest BCUT2D eigenvalue weighted by atomic mass is 32.2. The van der Waals surface area contributed by atoms with Gasteiger partial charge in [0.15, 0.2) is 0 Å². The van der Waals surface area contributed by atoms with Crippen molar-refractivity contribution in [1.82, 2.24) is 10.2 Å². The number of nitrogens with zero attached hydrogens (tertiary/aromatic N) is 1. The second kappa shape index (κ2) is 6.45. The van der Waals surface area contributed by atoms with Crippen molar-refractivity contribution in [2.45, 2.75) is 32.4 Å². The van der Waals surface area contributed by atoms with Crippen molar-refractivity contribution in [2.75, 3.05) is 32.6 Å². The first-order chi connectivity index (χ1) is 6.76. The van der Waals surface area contributed by atoms with Gasteiger partial charge in [0.25, 0.3) is 0 Å². The van der Waals surface area contributed by atoms with Gasteiger partial charge in [-0.2, -0.15) is 0 Å². The van der Waals surface area contributed by atoms with Gasteiger partial charge in [0.05, 0.1) is 5.75 Å². The molecule has 0 saturated heterocycles. The molecule has 15 heavy (non-hydrogen) atoms. The molecule has 0 aliphatic carbocycles. The first kappa shape index (κ1) is 14.9. The fourth-order valence-electron chi connectivity index (χ4n) is 1.34. The molecule has 0 saturated carbocycles. The van der Waals surface area contributed by atoms with Crippen molar-refractivity contribution in [3.8, 4) is 0 Å². The molecular formula is C10H24N2O2S. The number of sulfone groups is 1. The number of hydrogen-bond donors (Lipinski definition) is 1.